The molecule has 4 aromatic heterocycles. The maximum atomic E-state index is 13.2. The predicted octanol–water partition coefficient (Wildman–Crippen LogP) is 3.94. The number of nitrogens with one attached hydrogen (secondary N) is 2. The van der Waals surface area contributed by atoms with E-state index in [9.17, 15) is 9.59 Å². The first-order chi connectivity index (χ1) is 19.5. The molecule has 1 unspecified atom stereocenters. The minimum absolute atomic E-state index is 0.0851. The Morgan fingerprint density at radius 1 is 1.15 bits per heavy atom. The van der Waals surface area contributed by atoms with Crippen molar-refractivity contribution in [3.63, 3.8) is 0 Å². The summed E-state index contributed by atoms with van der Waals surface area (Å²) in [4.78, 5) is 38.0. The highest BCUT2D eigenvalue weighted by atomic mass is 32.1. The van der Waals surface area contributed by atoms with Crippen LogP contribution >= 0.6 is 11.3 Å². The molecule has 0 bridgehead atoms. The molecule has 0 saturated carbocycles. The Morgan fingerprint density at radius 3 is 2.55 bits per heavy atom. The Labute approximate surface area is 239 Å². The van der Waals surface area contributed by atoms with Crippen LogP contribution in [0.15, 0.2) is 48.1 Å². The molecular weight excluding hydrogens is 524 g/mol. The van der Waals surface area contributed by atoms with E-state index in [0.29, 0.717) is 24.2 Å². The van der Waals surface area contributed by atoms with Crippen LogP contribution in [-0.4, -0.2) is 82.1 Å². The molecule has 0 aromatic carbocycles. The van der Waals surface area contributed by atoms with E-state index < -0.39 is 0 Å². The van der Waals surface area contributed by atoms with Gasteiger partial charge in [-0.2, -0.15) is 5.10 Å². The molecule has 11 heteroatoms. The maximum absolute atomic E-state index is 13.2. The highest BCUT2D eigenvalue weighted by Gasteiger charge is 2.22. The molecule has 0 spiro atoms. The smallest absolute Gasteiger partial charge is 0.251 e. The van der Waals surface area contributed by atoms with Crippen molar-refractivity contribution in [2.24, 2.45) is 0 Å². The van der Waals surface area contributed by atoms with Gasteiger partial charge in [-0.25, -0.2) is 14.5 Å². The minimum atomic E-state index is -0.0851. The Balaban J connectivity index is 0.000000681. The number of hydrogen-bond donors (Lipinski definition) is 2. The van der Waals surface area contributed by atoms with Crippen molar-refractivity contribution in [3.05, 3.63) is 53.7 Å². The first-order valence-electron chi connectivity index (χ1n) is 13.8. The first kappa shape index (κ1) is 29.2. The highest BCUT2D eigenvalue weighted by Crippen LogP contribution is 2.30. The molecule has 4 aromatic rings. The summed E-state index contributed by atoms with van der Waals surface area (Å²) >= 11 is 1.65. The lowest BCUT2D eigenvalue weighted by molar-refractivity contribution is -0.109. The molecule has 2 amide bonds. The molecule has 1 fully saturated rings. The molecule has 212 valence electrons. The number of anilines is 1. The number of thiophene rings is 1. The molecule has 40 heavy (non-hydrogen) atoms. The van der Waals surface area contributed by atoms with Crippen LogP contribution in [0.1, 0.15) is 44.5 Å². The monoisotopic (exact) mass is 562 g/mol. The van der Waals surface area contributed by atoms with Gasteiger partial charge in [0.2, 0.25) is 6.41 Å². The molecule has 1 saturated heterocycles. The van der Waals surface area contributed by atoms with E-state index in [1.54, 1.807) is 22.0 Å². The highest BCUT2D eigenvalue weighted by molar-refractivity contribution is 7.13. The van der Waals surface area contributed by atoms with E-state index in [1.807, 2.05) is 42.8 Å². The predicted molar refractivity (Wildman–Crippen MR) is 161 cm³/mol. The quantitative estimate of drug-likeness (QED) is 0.267. The van der Waals surface area contributed by atoms with E-state index in [1.165, 1.54) is 0 Å². The van der Waals surface area contributed by atoms with Crippen molar-refractivity contribution in [1.82, 2.24) is 35.1 Å². The van der Waals surface area contributed by atoms with Crippen LogP contribution in [0.25, 0.3) is 27.5 Å². The number of hydrogen-bond acceptors (Lipinski definition) is 8. The van der Waals surface area contributed by atoms with E-state index in [-0.39, 0.29) is 11.9 Å². The van der Waals surface area contributed by atoms with Crippen LogP contribution < -0.4 is 15.5 Å². The lowest BCUT2D eigenvalue weighted by Gasteiger charge is -2.32. The summed E-state index contributed by atoms with van der Waals surface area (Å²) in [5.41, 5.74) is 3.76. The molecule has 1 atom stereocenters. The summed E-state index contributed by atoms with van der Waals surface area (Å²) in [5, 5.41) is 12.1. The number of carbonyl (C=O) groups excluding carboxylic acids is 2. The summed E-state index contributed by atoms with van der Waals surface area (Å²) in [7, 11) is 0. The molecular formula is C29H38N8O2S. The largest absolute Gasteiger partial charge is 0.359 e. The van der Waals surface area contributed by atoms with Gasteiger partial charge in [0.25, 0.3) is 5.91 Å². The van der Waals surface area contributed by atoms with Crippen LogP contribution in [0, 0.1) is 0 Å². The fourth-order valence-electron chi connectivity index (χ4n) is 4.51. The number of aromatic nitrogens is 4. The third-order valence-corrected chi connectivity index (χ3v) is 7.85. The molecule has 0 aliphatic carbocycles. The van der Waals surface area contributed by atoms with E-state index in [0.717, 1.165) is 66.7 Å². The average Bonchev–Trinajstić information content (AvgIpc) is 3.62. The normalized spacial score (nSPS) is 13.4. The Bertz CT molecular complexity index is 1400. The molecule has 5 rings (SSSR count). The Morgan fingerprint density at radius 2 is 1.95 bits per heavy atom. The Kier molecular flexibility index (Phi) is 10.2. The van der Waals surface area contributed by atoms with Crippen molar-refractivity contribution in [2.45, 2.75) is 40.2 Å². The number of fused-ring (bicyclic) bond motifs is 1. The summed E-state index contributed by atoms with van der Waals surface area (Å²) in [5.74, 6) is 0.739. The SMILES string of the molecule is CCN(CC)C(C)CNC(=O)c1cc(-c2cnn3ccc(-c4cccs4)nc23)nc(N2CCC2)c1.CCNC=O. The molecule has 2 N–H and O–H groups in total. The summed E-state index contributed by atoms with van der Waals surface area (Å²) in [6.07, 6.45) is 5.52. The van der Waals surface area contributed by atoms with E-state index >= 15 is 0 Å². The first-order valence-corrected chi connectivity index (χ1v) is 14.7. The van der Waals surface area contributed by atoms with Gasteiger partial charge in [-0.3, -0.25) is 14.5 Å². The standard InChI is InChI=1S/C26H31N7OS.C3H7NO/c1-4-31(5-2)18(3)16-27-26(34)19-14-22(29-24(15-19)32-10-7-11-32)20-17-28-33-12-9-21(30-25(20)33)23-8-6-13-35-23;1-2-4-3-5/h6,8-9,12-15,17-18H,4-5,7,10-11,16H2,1-3H3,(H,27,34);3H,2H2,1H3,(H,4,5). The zero-order valence-electron chi connectivity index (χ0n) is 23.6. The van der Waals surface area contributed by atoms with Crippen molar-refractivity contribution in [3.8, 4) is 21.8 Å². The zero-order chi connectivity index (χ0) is 28.5. The summed E-state index contributed by atoms with van der Waals surface area (Å²) < 4.78 is 1.76. The van der Waals surface area contributed by atoms with Gasteiger partial charge in [-0.05, 0) is 63.0 Å². The average molecular weight is 563 g/mol. The fraction of sp³-hybridized carbons (Fsp3) is 0.414. The molecule has 10 nitrogen and oxygen atoms in total. The number of likely N-dealkylation sites (N-methyl/N-ethyl adjacent to an activating group) is 1. The Hall–Kier alpha value is -3.83. The molecule has 1 aliphatic rings. The molecule has 5 heterocycles. The number of carbonyl (C=O) groups is 2. The third-order valence-electron chi connectivity index (χ3n) is 6.95. The van der Waals surface area contributed by atoms with Crippen molar-refractivity contribution >= 4 is 35.1 Å². The van der Waals surface area contributed by atoms with Gasteiger partial charge in [0.15, 0.2) is 5.65 Å². The minimum Gasteiger partial charge on any atom is -0.359 e. The number of pyridine rings is 1. The van der Waals surface area contributed by atoms with Crippen LogP contribution in [0.5, 0.6) is 0 Å². The van der Waals surface area contributed by atoms with Gasteiger partial charge in [0, 0.05) is 44.0 Å². The van der Waals surface area contributed by atoms with Gasteiger partial charge in [-0.1, -0.05) is 19.9 Å². The zero-order valence-corrected chi connectivity index (χ0v) is 24.4. The summed E-state index contributed by atoms with van der Waals surface area (Å²) in [6, 6.07) is 10.1. The van der Waals surface area contributed by atoms with Crippen molar-refractivity contribution in [2.75, 3.05) is 44.2 Å². The number of amides is 2. The lowest BCUT2D eigenvalue weighted by atomic mass is 10.1. The second-order valence-electron chi connectivity index (χ2n) is 9.51. The van der Waals surface area contributed by atoms with E-state index in [4.69, 9.17) is 9.97 Å². The number of rotatable bonds is 11. The fourth-order valence-corrected chi connectivity index (χ4v) is 5.20. The van der Waals surface area contributed by atoms with Gasteiger partial charge in [0.05, 0.1) is 28.0 Å². The maximum Gasteiger partial charge on any atom is 0.251 e. The molecule has 0 radical (unpaired) electrons. The van der Waals surface area contributed by atoms with Crippen LogP contribution in [0.3, 0.4) is 0 Å². The van der Waals surface area contributed by atoms with Gasteiger partial charge >= 0.3 is 0 Å². The van der Waals surface area contributed by atoms with Gasteiger partial charge < -0.3 is 15.5 Å². The van der Waals surface area contributed by atoms with Gasteiger partial charge in [0.1, 0.15) is 5.82 Å². The van der Waals surface area contributed by atoms with Gasteiger partial charge in [-0.15, -0.1) is 11.3 Å². The second kappa shape index (κ2) is 14.0. The van der Waals surface area contributed by atoms with Crippen molar-refractivity contribution < 1.29 is 9.59 Å². The van der Waals surface area contributed by atoms with Crippen LogP contribution in [-0.2, 0) is 4.79 Å². The van der Waals surface area contributed by atoms with Crippen LogP contribution in [0.4, 0.5) is 5.82 Å². The summed E-state index contributed by atoms with van der Waals surface area (Å²) in [6.45, 7) is 13.4. The van der Waals surface area contributed by atoms with E-state index in [2.05, 4.69) is 52.4 Å². The molecule has 1 aliphatic heterocycles. The number of nitrogens with zero attached hydrogens (tertiary/aromatic N) is 6. The van der Waals surface area contributed by atoms with Crippen LogP contribution in [0.2, 0.25) is 0 Å². The third kappa shape index (κ3) is 6.83. The second-order valence-corrected chi connectivity index (χ2v) is 10.5. The van der Waals surface area contributed by atoms with Crippen molar-refractivity contribution in [1.29, 1.82) is 0 Å². The topological polar surface area (TPSA) is 108 Å². The lowest BCUT2D eigenvalue weighted by Crippen LogP contribution is -2.42.